The second-order valence-electron chi connectivity index (χ2n) is 7.25. The van der Waals surface area contributed by atoms with Gasteiger partial charge in [-0.25, -0.2) is 0 Å². The van der Waals surface area contributed by atoms with Gasteiger partial charge >= 0.3 is 0 Å². The van der Waals surface area contributed by atoms with Gasteiger partial charge in [-0.05, 0) is 36.8 Å². The molecular weight excluding hydrogens is 310 g/mol. The highest BCUT2D eigenvalue weighted by Crippen LogP contribution is 2.37. The lowest BCUT2D eigenvalue weighted by Gasteiger charge is -2.38. The first-order chi connectivity index (χ1) is 12.4. The van der Waals surface area contributed by atoms with Crippen molar-refractivity contribution in [3.05, 3.63) is 71.8 Å². The van der Waals surface area contributed by atoms with Crippen LogP contribution >= 0.6 is 0 Å². The number of piperidine rings is 1. The van der Waals surface area contributed by atoms with Crippen molar-refractivity contribution < 1.29 is 9.47 Å². The predicted molar refractivity (Wildman–Crippen MR) is 99.0 cm³/mol. The Morgan fingerprint density at radius 1 is 0.760 bits per heavy atom. The van der Waals surface area contributed by atoms with E-state index in [4.69, 9.17) is 9.47 Å². The van der Waals surface area contributed by atoms with E-state index >= 15 is 0 Å². The van der Waals surface area contributed by atoms with Crippen molar-refractivity contribution in [2.75, 3.05) is 6.73 Å². The summed E-state index contributed by atoms with van der Waals surface area (Å²) in [6, 6.07) is 22.2. The van der Waals surface area contributed by atoms with E-state index in [-0.39, 0.29) is 0 Å². The average molecular weight is 337 g/mol. The van der Waals surface area contributed by atoms with Gasteiger partial charge in [-0.15, -0.1) is 0 Å². The molecule has 25 heavy (non-hydrogen) atoms. The summed E-state index contributed by atoms with van der Waals surface area (Å²) in [5.74, 6) is 0. The van der Waals surface area contributed by atoms with Crippen LogP contribution in [0.25, 0.3) is 0 Å². The maximum atomic E-state index is 6.20. The Hall–Kier alpha value is -1.68. The van der Waals surface area contributed by atoms with Crippen LogP contribution in [0.15, 0.2) is 60.7 Å². The summed E-state index contributed by atoms with van der Waals surface area (Å²) in [4.78, 5) is 2.56. The van der Waals surface area contributed by atoms with Gasteiger partial charge in [0.2, 0.25) is 0 Å². The highest BCUT2D eigenvalue weighted by Gasteiger charge is 2.40. The van der Waals surface area contributed by atoms with Crippen LogP contribution in [-0.2, 0) is 22.7 Å². The molecular formula is C22H27NO2. The van der Waals surface area contributed by atoms with Crippen LogP contribution in [-0.4, -0.2) is 29.8 Å². The summed E-state index contributed by atoms with van der Waals surface area (Å²) in [6.07, 6.45) is 5.23. The fourth-order valence-electron chi connectivity index (χ4n) is 4.20. The number of rotatable bonds is 7. The zero-order chi connectivity index (χ0) is 16.9. The minimum atomic E-state index is 0.392. The molecule has 2 aliphatic heterocycles. The lowest BCUT2D eigenvalue weighted by Crippen LogP contribution is -2.46. The normalized spacial score (nSPS) is 26.0. The van der Waals surface area contributed by atoms with Crippen LogP contribution in [0.5, 0.6) is 0 Å². The molecule has 2 saturated heterocycles. The molecule has 0 N–H and O–H groups in total. The second-order valence-corrected chi connectivity index (χ2v) is 7.25. The summed E-state index contributed by atoms with van der Waals surface area (Å²) >= 11 is 0. The van der Waals surface area contributed by atoms with E-state index in [9.17, 15) is 0 Å². The molecule has 2 aliphatic rings. The molecule has 0 saturated carbocycles. The van der Waals surface area contributed by atoms with Crippen LogP contribution in [0.2, 0.25) is 0 Å². The topological polar surface area (TPSA) is 21.7 Å². The number of ether oxygens (including phenoxy) is 2. The minimum absolute atomic E-state index is 0.392. The molecule has 0 aliphatic carbocycles. The standard InChI is InChI=1S/C22H27NO2/c1-3-7-18(8-4-1)15-24-17-23-20-11-12-21(23)14-22(13-20)25-16-19-9-5-2-6-10-19/h1-10,20-22H,11-17H2/t20-,21+,22?. The zero-order valence-electron chi connectivity index (χ0n) is 14.7. The van der Waals surface area contributed by atoms with Crippen LogP contribution in [0.3, 0.4) is 0 Å². The predicted octanol–water partition coefficient (Wildman–Crippen LogP) is 4.37. The first-order valence-electron chi connectivity index (χ1n) is 9.41. The summed E-state index contributed by atoms with van der Waals surface area (Å²) < 4.78 is 12.2. The molecule has 3 nitrogen and oxygen atoms in total. The van der Waals surface area contributed by atoms with Crippen molar-refractivity contribution in [2.45, 2.75) is 57.1 Å². The third-order valence-corrected chi connectivity index (χ3v) is 5.52. The van der Waals surface area contributed by atoms with Gasteiger partial charge in [0.25, 0.3) is 0 Å². The van der Waals surface area contributed by atoms with Crippen molar-refractivity contribution >= 4 is 0 Å². The van der Waals surface area contributed by atoms with Crippen molar-refractivity contribution in [1.29, 1.82) is 0 Å². The molecule has 3 atom stereocenters. The first-order valence-corrected chi connectivity index (χ1v) is 9.41. The van der Waals surface area contributed by atoms with E-state index in [2.05, 4.69) is 59.5 Å². The molecule has 2 heterocycles. The Bertz CT molecular complexity index is 632. The first kappa shape index (κ1) is 16.8. The van der Waals surface area contributed by atoms with Gasteiger partial charge in [0.1, 0.15) is 0 Å². The van der Waals surface area contributed by atoms with Crippen LogP contribution < -0.4 is 0 Å². The molecule has 2 aromatic carbocycles. The van der Waals surface area contributed by atoms with Gasteiger partial charge in [-0.1, -0.05) is 60.7 Å². The van der Waals surface area contributed by atoms with Crippen molar-refractivity contribution in [2.24, 2.45) is 0 Å². The Morgan fingerprint density at radius 2 is 1.32 bits per heavy atom. The summed E-state index contributed by atoms with van der Waals surface area (Å²) in [5, 5.41) is 0. The van der Waals surface area contributed by atoms with Crippen molar-refractivity contribution in [3.8, 4) is 0 Å². The van der Waals surface area contributed by atoms with Gasteiger partial charge in [-0.3, -0.25) is 4.90 Å². The van der Waals surface area contributed by atoms with Gasteiger partial charge < -0.3 is 9.47 Å². The largest absolute Gasteiger partial charge is 0.373 e. The van der Waals surface area contributed by atoms with E-state index in [1.54, 1.807) is 0 Å². The molecule has 3 heteroatoms. The van der Waals surface area contributed by atoms with E-state index in [1.165, 1.54) is 24.0 Å². The summed E-state index contributed by atoms with van der Waals surface area (Å²) in [6.45, 7) is 2.18. The van der Waals surface area contributed by atoms with Crippen molar-refractivity contribution in [1.82, 2.24) is 4.90 Å². The van der Waals surface area contributed by atoms with Crippen LogP contribution in [0, 0.1) is 0 Å². The number of hydrogen-bond acceptors (Lipinski definition) is 3. The van der Waals surface area contributed by atoms with Crippen molar-refractivity contribution in [3.63, 3.8) is 0 Å². The Morgan fingerprint density at radius 3 is 1.92 bits per heavy atom. The Balaban J connectivity index is 1.24. The Labute approximate surface area is 150 Å². The molecule has 2 bridgehead atoms. The number of nitrogens with zero attached hydrogens (tertiary/aromatic N) is 1. The summed E-state index contributed by atoms with van der Waals surface area (Å²) in [7, 11) is 0. The molecule has 0 radical (unpaired) electrons. The Kier molecular flexibility index (Phi) is 5.46. The smallest absolute Gasteiger partial charge is 0.0999 e. The van der Waals surface area contributed by atoms with Gasteiger partial charge in [0.15, 0.2) is 0 Å². The van der Waals surface area contributed by atoms with E-state index in [0.29, 0.717) is 24.8 Å². The highest BCUT2D eigenvalue weighted by atomic mass is 16.5. The van der Waals surface area contributed by atoms with E-state index in [0.717, 1.165) is 26.2 Å². The van der Waals surface area contributed by atoms with Crippen LogP contribution in [0.4, 0.5) is 0 Å². The highest BCUT2D eigenvalue weighted by molar-refractivity contribution is 5.14. The molecule has 0 aromatic heterocycles. The monoisotopic (exact) mass is 337 g/mol. The van der Waals surface area contributed by atoms with Gasteiger partial charge in [-0.2, -0.15) is 0 Å². The second kappa shape index (κ2) is 8.13. The molecule has 2 aromatic rings. The zero-order valence-corrected chi connectivity index (χ0v) is 14.7. The number of benzene rings is 2. The average Bonchev–Trinajstić information content (AvgIpc) is 2.90. The SMILES string of the molecule is c1ccc(COCN2[C@@H]3CC[C@H]2CC(OCc2ccccc2)C3)cc1. The maximum absolute atomic E-state index is 6.20. The fraction of sp³-hybridized carbons (Fsp3) is 0.455. The van der Waals surface area contributed by atoms with E-state index < -0.39 is 0 Å². The minimum Gasteiger partial charge on any atom is -0.373 e. The molecule has 2 fully saturated rings. The lowest BCUT2D eigenvalue weighted by molar-refractivity contribution is -0.0719. The molecule has 132 valence electrons. The van der Waals surface area contributed by atoms with Crippen LogP contribution in [0.1, 0.15) is 36.8 Å². The fourth-order valence-corrected chi connectivity index (χ4v) is 4.20. The lowest BCUT2D eigenvalue weighted by atomic mass is 10.0. The third kappa shape index (κ3) is 4.30. The third-order valence-electron chi connectivity index (χ3n) is 5.52. The number of hydrogen-bond donors (Lipinski definition) is 0. The molecule has 1 unspecified atom stereocenters. The molecule has 0 amide bonds. The van der Waals surface area contributed by atoms with Gasteiger partial charge in [0, 0.05) is 12.1 Å². The van der Waals surface area contributed by atoms with Gasteiger partial charge in [0.05, 0.1) is 26.0 Å². The maximum Gasteiger partial charge on any atom is 0.0999 e. The molecule has 0 spiro atoms. The summed E-state index contributed by atoms with van der Waals surface area (Å²) in [5.41, 5.74) is 2.51. The number of fused-ring (bicyclic) bond motifs is 2. The van der Waals surface area contributed by atoms with E-state index in [1.807, 2.05) is 6.07 Å². The quantitative estimate of drug-likeness (QED) is 0.749. The molecule has 4 rings (SSSR count).